The number of para-hydroxylation sites is 1. The van der Waals surface area contributed by atoms with Crippen LogP contribution in [0.5, 0.6) is 11.5 Å². The molecule has 2 nitrogen and oxygen atoms in total. The van der Waals surface area contributed by atoms with E-state index in [4.69, 9.17) is 24.2 Å². The topological polar surface area (TPSA) is 22.4 Å². The van der Waals surface area contributed by atoms with Crippen molar-refractivity contribution in [1.82, 2.24) is 0 Å². The lowest BCUT2D eigenvalue weighted by molar-refractivity contribution is 0.436. The van der Waals surface area contributed by atoms with E-state index in [1.807, 2.05) is 36.4 Å². The molecule has 0 radical (unpaired) electrons. The molecule has 2 heteroatoms. The Kier molecular flexibility index (Phi) is 2.88. The largest absolute Gasteiger partial charge is 0.457 e. The van der Waals surface area contributed by atoms with Crippen LogP contribution in [-0.4, -0.2) is 0 Å². The van der Waals surface area contributed by atoms with Gasteiger partial charge in [-0.1, -0.05) is 139 Å². The van der Waals surface area contributed by atoms with Gasteiger partial charge in [-0.3, -0.25) is 0 Å². The predicted molar refractivity (Wildman–Crippen MR) is 199 cm³/mol. The lowest BCUT2D eigenvalue weighted by Gasteiger charge is -2.39. The van der Waals surface area contributed by atoms with Gasteiger partial charge in [-0.15, -0.1) is 0 Å². The van der Waals surface area contributed by atoms with E-state index in [1.165, 1.54) is 0 Å². The maximum Gasteiger partial charge on any atom is 0.136 e. The van der Waals surface area contributed by atoms with E-state index >= 15 is 0 Å². The second-order valence-electron chi connectivity index (χ2n) is 11.7. The predicted octanol–water partition coefficient (Wildman–Crippen LogP) is 12.5. The number of furan rings is 1. The third kappa shape index (κ3) is 3.55. The highest BCUT2D eigenvalue weighted by Gasteiger charge is 2.50. The molecule has 0 unspecified atom stereocenters. The van der Waals surface area contributed by atoms with Crippen LogP contribution in [0, 0.1) is 0 Å². The lowest BCUT2D eigenvalue weighted by atomic mass is 9.66. The molecule has 1 spiro atoms. The van der Waals surface area contributed by atoms with E-state index in [0.717, 1.165) is 10.8 Å². The molecule has 1 aromatic heterocycles. The molecular formula is C47H28O2. The Morgan fingerprint density at radius 2 is 1.10 bits per heavy atom. The van der Waals surface area contributed by atoms with E-state index in [1.54, 1.807) is 18.2 Å². The Morgan fingerprint density at radius 3 is 1.88 bits per heavy atom. The second-order valence-corrected chi connectivity index (χ2v) is 11.7. The summed E-state index contributed by atoms with van der Waals surface area (Å²) in [5.74, 6) is -1.47. The average molecular weight is 644 g/mol. The van der Waals surface area contributed by atoms with Gasteiger partial charge in [-0.25, -0.2) is 0 Å². The average Bonchev–Trinajstić information content (AvgIpc) is 3.85. The van der Waals surface area contributed by atoms with Crippen LogP contribution >= 0.6 is 0 Å². The summed E-state index contributed by atoms with van der Waals surface area (Å²) in [6, 6.07) is 0.565. The van der Waals surface area contributed by atoms with Gasteiger partial charge in [0.25, 0.3) is 0 Å². The summed E-state index contributed by atoms with van der Waals surface area (Å²) in [7, 11) is 0. The van der Waals surface area contributed by atoms with Crippen molar-refractivity contribution in [2.75, 3.05) is 0 Å². The Bertz CT molecular complexity index is 3830. The molecule has 0 atom stereocenters. The van der Waals surface area contributed by atoms with Crippen molar-refractivity contribution in [3.05, 3.63) is 192 Å². The van der Waals surface area contributed by atoms with Crippen LogP contribution in [0.1, 0.15) is 48.3 Å². The van der Waals surface area contributed by atoms with Crippen LogP contribution in [-0.2, 0) is 5.41 Å². The van der Waals surface area contributed by atoms with Gasteiger partial charge in [-0.2, -0.15) is 0 Å². The first-order valence-corrected chi connectivity index (χ1v) is 15.3. The molecule has 0 saturated carbocycles. The fraction of sp³-hybridized carbons (Fsp3) is 0.0213. The maximum absolute atomic E-state index is 10.0. The van der Waals surface area contributed by atoms with Crippen LogP contribution in [0.2, 0.25) is 0 Å². The number of benzene rings is 8. The molecule has 2 aliphatic rings. The summed E-state index contributed by atoms with van der Waals surface area (Å²) >= 11 is 0. The lowest BCUT2D eigenvalue weighted by Crippen LogP contribution is -2.32. The SMILES string of the molecule is [2H]c1c([2H])c([2H])c2c(c1[2H])Oc1c([2H])c(-c3c([2H])c([2H])c([2H])c([2H])c3-c3cccc4oc5cc6ccccc6cc5c34)c([2H])c([2H])c1C21c2c([2H])c([2H])c([2H])c([2H])c2-c2c([2H])c([2H])c([2H])c([2H])c21. The Balaban J connectivity index is 1.35. The van der Waals surface area contributed by atoms with Gasteiger partial charge in [0.05, 0.1) is 31.5 Å². The minimum absolute atomic E-state index is 0.198. The molecule has 11 rings (SSSR count). The third-order valence-electron chi connectivity index (χ3n) is 9.33. The Labute approximate surface area is 310 Å². The Hall–Kier alpha value is -6.38. The zero-order chi connectivity index (χ0) is 48.6. The highest BCUT2D eigenvalue weighted by molar-refractivity contribution is 6.16. The molecule has 0 bridgehead atoms. The zero-order valence-electron chi connectivity index (χ0n) is 44.0. The zero-order valence-corrected chi connectivity index (χ0v) is 25.0. The van der Waals surface area contributed by atoms with Gasteiger partial charge in [0.15, 0.2) is 0 Å². The van der Waals surface area contributed by atoms with Crippen molar-refractivity contribution >= 4 is 32.7 Å². The van der Waals surface area contributed by atoms with Crippen LogP contribution in [0.3, 0.4) is 0 Å². The molecule has 8 aromatic carbocycles. The van der Waals surface area contributed by atoms with Crippen molar-refractivity contribution in [3.63, 3.8) is 0 Å². The first-order chi connectivity index (χ1) is 32.2. The molecule has 2 heterocycles. The first-order valence-electron chi connectivity index (χ1n) is 24.8. The number of fused-ring (bicyclic) bond motifs is 13. The summed E-state index contributed by atoms with van der Waals surface area (Å²) < 4.78 is 187. The summed E-state index contributed by atoms with van der Waals surface area (Å²) in [5, 5.41) is 2.68. The molecule has 1 aliphatic heterocycles. The van der Waals surface area contributed by atoms with Gasteiger partial charge in [-0.05, 0) is 85.6 Å². The smallest absolute Gasteiger partial charge is 0.136 e. The van der Waals surface area contributed by atoms with Gasteiger partial charge in [0.1, 0.15) is 22.7 Å². The molecule has 0 N–H and O–H groups in total. The fourth-order valence-corrected chi connectivity index (χ4v) is 7.33. The summed E-state index contributed by atoms with van der Waals surface area (Å²) in [6.07, 6.45) is 0. The molecule has 0 fully saturated rings. The van der Waals surface area contributed by atoms with E-state index in [-0.39, 0.29) is 11.1 Å². The van der Waals surface area contributed by atoms with Crippen LogP contribution < -0.4 is 4.74 Å². The molecule has 9 aromatic rings. The number of hydrogen-bond acceptors (Lipinski definition) is 2. The maximum atomic E-state index is 10.0. The van der Waals surface area contributed by atoms with Crippen molar-refractivity contribution in [2.45, 2.75) is 5.41 Å². The number of rotatable bonds is 2. The van der Waals surface area contributed by atoms with Crippen LogP contribution in [0.4, 0.5) is 0 Å². The standard InChI is InChI=1S/C47H28O2/c1-2-13-30-27-44-37(26-29(30)12-1)46-36(18-11-23-43(46)49-44)33-15-4-3-14-32(33)31-24-25-41-45(28-31)48-42-22-10-9-21-40(42)47(41)38-19-7-5-16-34(38)35-17-6-8-20-39(35)47/h1-28H/i3D,4D,5D,6D,7D,8D,9D,10D,14D,15D,16D,17D,19D,20D,21D,22D,24D,25D,28D. The van der Waals surface area contributed by atoms with E-state index in [9.17, 15) is 11.0 Å². The normalized spacial score (nSPS) is 19.1. The van der Waals surface area contributed by atoms with Crippen molar-refractivity contribution in [3.8, 4) is 44.9 Å². The second kappa shape index (κ2) is 9.82. The van der Waals surface area contributed by atoms with Gasteiger partial charge >= 0.3 is 0 Å². The van der Waals surface area contributed by atoms with Crippen LogP contribution in [0.15, 0.2) is 174 Å². The highest BCUT2D eigenvalue weighted by atomic mass is 16.5. The van der Waals surface area contributed by atoms with E-state index in [0.29, 0.717) is 21.9 Å². The van der Waals surface area contributed by atoms with Crippen LogP contribution in [0.25, 0.3) is 66.1 Å². The minimum Gasteiger partial charge on any atom is -0.457 e. The van der Waals surface area contributed by atoms with Crippen molar-refractivity contribution in [2.24, 2.45) is 0 Å². The fourth-order valence-electron chi connectivity index (χ4n) is 7.33. The van der Waals surface area contributed by atoms with Gasteiger partial charge < -0.3 is 9.15 Å². The summed E-state index contributed by atoms with van der Waals surface area (Å²) in [6.45, 7) is 0. The first kappa shape index (κ1) is 14.4. The molecule has 1 aliphatic carbocycles. The molecular weight excluding hydrogens is 597 g/mol. The van der Waals surface area contributed by atoms with E-state index < -0.39 is 176 Å². The number of ether oxygens (including phenoxy) is 1. The highest BCUT2D eigenvalue weighted by Crippen LogP contribution is 2.62. The summed E-state index contributed by atoms with van der Waals surface area (Å²) in [4.78, 5) is 0. The Morgan fingerprint density at radius 1 is 0.469 bits per heavy atom. The van der Waals surface area contributed by atoms with Crippen molar-refractivity contribution < 1.29 is 35.2 Å². The summed E-state index contributed by atoms with van der Waals surface area (Å²) in [5.41, 5.74) is -6.27. The van der Waals surface area contributed by atoms with Gasteiger partial charge in [0.2, 0.25) is 0 Å². The quantitative estimate of drug-likeness (QED) is 0.187. The molecule has 0 amide bonds. The third-order valence-corrected chi connectivity index (χ3v) is 9.33. The van der Waals surface area contributed by atoms with E-state index in [2.05, 4.69) is 0 Å². The van der Waals surface area contributed by atoms with Crippen molar-refractivity contribution in [1.29, 1.82) is 0 Å². The minimum atomic E-state index is -2.74. The number of hydrogen-bond donors (Lipinski definition) is 0. The monoisotopic (exact) mass is 643 g/mol. The van der Waals surface area contributed by atoms with Gasteiger partial charge in [0, 0.05) is 21.9 Å². The molecule has 49 heavy (non-hydrogen) atoms. The molecule has 0 saturated heterocycles. The molecule has 228 valence electrons.